The van der Waals surface area contributed by atoms with Gasteiger partial charge in [0.25, 0.3) is 0 Å². The summed E-state index contributed by atoms with van der Waals surface area (Å²) in [4.78, 5) is 0. The molecule has 0 spiro atoms. The molecule has 0 fully saturated rings. The van der Waals surface area contributed by atoms with Gasteiger partial charge in [0.05, 0.1) is 0 Å². The molecule has 0 saturated carbocycles. The minimum Gasteiger partial charge on any atom is -0.507 e. The van der Waals surface area contributed by atoms with E-state index in [1.54, 1.807) is 12.2 Å². The van der Waals surface area contributed by atoms with Gasteiger partial charge in [-0.15, -0.1) is 26.3 Å². The first-order chi connectivity index (χ1) is 13.8. The van der Waals surface area contributed by atoms with Gasteiger partial charge in [0.15, 0.2) is 0 Å². The Kier molecular flexibility index (Phi) is 7.28. The first kappa shape index (κ1) is 22.3. The summed E-state index contributed by atoms with van der Waals surface area (Å²) >= 11 is 0. The molecule has 2 nitrogen and oxygen atoms in total. The van der Waals surface area contributed by atoms with Gasteiger partial charge < -0.3 is 10.2 Å². The fraction of sp³-hybridized carbons (Fsp3) is 0.259. The second-order valence-electron chi connectivity index (χ2n) is 7.90. The molecule has 0 amide bonds. The Balaban J connectivity index is 2.77. The van der Waals surface area contributed by atoms with E-state index in [4.69, 9.17) is 0 Å². The van der Waals surface area contributed by atoms with Gasteiger partial charge in [-0.25, -0.2) is 0 Å². The Labute approximate surface area is 175 Å². The largest absolute Gasteiger partial charge is 0.507 e. The van der Waals surface area contributed by atoms with Crippen molar-refractivity contribution < 1.29 is 10.2 Å². The zero-order valence-corrected chi connectivity index (χ0v) is 17.7. The van der Waals surface area contributed by atoms with E-state index >= 15 is 0 Å². The molecule has 0 radical (unpaired) electrons. The van der Waals surface area contributed by atoms with Crippen molar-refractivity contribution in [1.82, 2.24) is 0 Å². The maximum absolute atomic E-state index is 11.1. The first-order valence-electron chi connectivity index (χ1n) is 9.94. The predicted molar refractivity (Wildman–Crippen MR) is 124 cm³/mol. The van der Waals surface area contributed by atoms with Crippen LogP contribution < -0.4 is 0 Å². The second-order valence-corrected chi connectivity index (χ2v) is 7.90. The molecule has 0 saturated heterocycles. The van der Waals surface area contributed by atoms with Crippen molar-refractivity contribution in [3.63, 3.8) is 0 Å². The summed E-state index contributed by atoms with van der Waals surface area (Å²) < 4.78 is 0. The lowest BCUT2D eigenvalue weighted by atomic mass is 9.74. The van der Waals surface area contributed by atoms with Crippen molar-refractivity contribution in [2.24, 2.45) is 0 Å². The minimum absolute atomic E-state index is 0.251. The van der Waals surface area contributed by atoms with Gasteiger partial charge in [0.2, 0.25) is 0 Å². The maximum atomic E-state index is 11.1. The van der Waals surface area contributed by atoms with E-state index in [2.05, 4.69) is 26.3 Å². The Morgan fingerprint density at radius 1 is 0.655 bits per heavy atom. The average molecular weight is 389 g/mol. The van der Waals surface area contributed by atoms with Crippen LogP contribution >= 0.6 is 0 Å². The molecule has 0 atom stereocenters. The number of phenolic OH excluding ortho intramolecular Hbond substituents is 2. The quantitative estimate of drug-likeness (QED) is 0.466. The number of phenols is 2. The molecule has 152 valence electrons. The zero-order valence-electron chi connectivity index (χ0n) is 17.7. The molecular weight excluding hydrogens is 356 g/mol. The SMILES string of the molecule is C=CCc1cc(CC=C)c(O)c(C(C)(C)c2cc(CC=C)cc(CC=C)c2O)c1. The molecule has 0 aromatic heterocycles. The normalized spacial score (nSPS) is 11.1. The minimum atomic E-state index is -0.617. The van der Waals surface area contributed by atoms with Crippen molar-refractivity contribution in [3.05, 3.63) is 108 Å². The predicted octanol–water partition coefficient (Wildman–Crippen LogP) is 6.34. The fourth-order valence-electron chi connectivity index (χ4n) is 3.81. The van der Waals surface area contributed by atoms with Crippen LogP contribution in [0, 0.1) is 0 Å². The van der Waals surface area contributed by atoms with Crippen molar-refractivity contribution in [3.8, 4) is 11.5 Å². The number of hydrogen-bond donors (Lipinski definition) is 2. The van der Waals surface area contributed by atoms with Crippen molar-refractivity contribution in [2.75, 3.05) is 0 Å². The summed E-state index contributed by atoms with van der Waals surface area (Å²) in [5, 5.41) is 22.1. The van der Waals surface area contributed by atoms with E-state index in [0.717, 1.165) is 33.4 Å². The number of aromatic hydroxyl groups is 2. The maximum Gasteiger partial charge on any atom is 0.123 e. The van der Waals surface area contributed by atoms with Crippen LogP contribution in [0.2, 0.25) is 0 Å². The molecule has 0 unspecified atom stereocenters. The van der Waals surface area contributed by atoms with Gasteiger partial charge in [-0.1, -0.05) is 62.4 Å². The van der Waals surface area contributed by atoms with Gasteiger partial charge in [0.1, 0.15) is 11.5 Å². The summed E-state index contributed by atoms with van der Waals surface area (Å²) in [6.07, 6.45) is 9.84. The third-order valence-corrected chi connectivity index (χ3v) is 5.33. The molecule has 2 rings (SSSR count). The van der Waals surface area contributed by atoms with E-state index in [1.165, 1.54) is 0 Å². The van der Waals surface area contributed by atoms with Gasteiger partial charge in [-0.2, -0.15) is 0 Å². The highest BCUT2D eigenvalue weighted by atomic mass is 16.3. The highest BCUT2D eigenvalue weighted by Gasteiger charge is 2.31. The molecule has 0 bridgehead atoms. The lowest BCUT2D eigenvalue weighted by molar-refractivity contribution is 0.429. The molecule has 2 heteroatoms. The number of benzene rings is 2. The summed E-state index contributed by atoms with van der Waals surface area (Å²) in [7, 11) is 0. The number of rotatable bonds is 10. The molecule has 0 aliphatic carbocycles. The second kappa shape index (κ2) is 9.47. The van der Waals surface area contributed by atoms with Gasteiger partial charge in [-0.05, 0) is 47.9 Å². The van der Waals surface area contributed by atoms with Gasteiger partial charge >= 0.3 is 0 Å². The third kappa shape index (κ3) is 4.71. The monoisotopic (exact) mass is 388 g/mol. The Morgan fingerprint density at radius 3 is 1.31 bits per heavy atom. The van der Waals surface area contributed by atoms with E-state index in [1.807, 2.05) is 50.3 Å². The topological polar surface area (TPSA) is 40.5 Å². The number of hydrogen-bond acceptors (Lipinski definition) is 2. The van der Waals surface area contributed by atoms with Crippen LogP contribution in [0.5, 0.6) is 11.5 Å². The molecule has 29 heavy (non-hydrogen) atoms. The third-order valence-electron chi connectivity index (χ3n) is 5.33. The van der Waals surface area contributed by atoms with Crippen molar-refractivity contribution in [1.29, 1.82) is 0 Å². The van der Waals surface area contributed by atoms with Crippen LogP contribution in [0.15, 0.2) is 74.9 Å². The van der Waals surface area contributed by atoms with Crippen LogP contribution in [0.4, 0.5) is 0 Å². The van der Waals surface area contributed by atoms with E-state index in [0.29, 0.717) is 25.7 Å². The van der Waals surface area contributed by atoms with Gasteiger partial charge in [-0.3, -0.25) is 0 Å². The molecule has 2 aromatic rings. The Hall–Kier alpha value is -3.00. The molecule has 0 heterocycles. The van der Waals surface area contributed by atoms with Crippen LogP contribution in [0.25, 0.3) is 0 Å². The molecule has 2 aromatic carbocycles. The van der Waals surface area contributed by atoms with Gasteiger partial charge in [0, 0.05) is 16.5 Å². The van der Waals surface area contributed by atoms with Crippen molar-refractivity contribution in [2.45, 2.75) is 44.9 Å². The van der Waals surface area contributed by atoms with E-state index < -0.39 is 5.41 Å². The molecule has 0 aliphatic heterocycles. The van der Waals surface area contributed by atoms with E-state index in [-0.39, 0.29) is 11.5 Å². The Bertz CT molecular complexity index is 857. The average Bonchev–Trinajstić information content (AvgIpc) is 2.67. The molecular formula is C27H32O2. The fourth-order valence-corrected chi connectivity index (χ4v) is 3.81. The van der Waals surface area contributed by atoms with Crippen LogP contribution in [-0.4, -0.2) is 10.2 Å². The highest BCUT2D eigenvalue weighted by Crippen LogP contribution is 2.44. The first-order valence-corrected chi connectivity index (χ1v) is 9.94. The standard InChI is InChI=1S/C27H32O2/c1-7-11-19-15-21(13-9-3)25(28)23(17-19)27(5,6)24-18-20(12-8-2)16-22(14-10-4)26(24)29/h7-10,15-18,28-29H,1-4,11-14H2,5-6H3. The Morgan fingerprint density at radius 2 is 1.00 bits per heavy atom. The lowest BCUT2D eigenvalue weighted by Crippen LogP contribution is -2.21. The van der Waals surface area contributed by atoms with E-state index in [9.17, 15) is 10.2 Å². The highest BCUT2D eigenvalue weighted by molar-refractivity contribution is 5.57. The van der Waals surface area contributed by atoms with Crippen LogP contribution in [-0.2, 0) is 31.1 Å². The summed E-state index contributed by atoms with van der Waals surface area (Å²) in [6.45, 7) is 19.4. The smallest absolute Gasteiger partial charge is 0.123 e. The zero-order chi connectivity index (χ0) is 21.6. The summed E-state index contributed by atoms with van der Waals surface area (Å²) in [5.74, 6) is 0.503. The molecule has 0 aliphatic rings. The summed E-state index contributed by atoms with van der Waals surface area (Å²) in [5.41, 5.74) is 4.75. The lowest BCUT2D eigenvalue weighted by Gasteiger charge is -2.30. The number of allylic oxidation sites excluding steroid dienone is 4. The van der Waals surface area contributed by atoms with Crippen LogP contribution in [0.1, 0.15) is 47.2 Å². The summed E-state index contributed by atoms with van der Waals surface area (Å²) in [6, 6.07) is 8.01. The molecule has 2 N–H and O–H groups in total. The van der Waals surface area contributed by atoms with Crippen LogP contribution in [0.3, 0.4) is 0 Å². The van der Waals surface area contributed by atoms with Crippen molar-refractivity contribution >= 4 is 0 Å².